The SMILES string of the molecule is CCOCCNC(=O)CN1CCC(CO)C1. The van der Waals surface area contributed by atoms with E-state index >= 15 is 0 Å². The molecule has 1 unspecified atom stereocenters. The van der Waals surface area contributed by atoms with Gasteiger partial charge in [-0.05, 0) is 25.8 Å². The minimum atomic E-state index is 0.0401. The fraction of sp³-hybridized carbons (Fsp3) is 0.909. The summed E-state index contributed by atoms with van der Waals surface area (Å²) in [6, 6.07) is 0. The summed E-state index contributed by atoms with van der Waals surface area (Å²) >= 11 is 0. The van der Waals surface area contributed by atoms with Crippen molar-refractivity contribution in [3.8, 4) is 0 Å². The van der Waals surface area contributed by atoms with Crippen LogP contribution in [0.3, 0.4) is 0 Å². The van der Waals surface area contributed by atoms with E-state index in [4.69, 9.17) is 9.84 Å². The molecule has 94 valence electrons. The molecule has 1 atom stereocenters. The molecule has 0 radical (unpaired) electrons. The highest BCUT2D eigenvalue weighted by Gasteiger charge is 2.22. The predicted molar refractivity (Wildman–Crippen MR) is 61.1 cm³/mol. The highest BCUT2D eigenvalue weighted by atomic mass is 16.5. The van der Waals surface area contributed by atoms with E-state index in [-0.39, 0.29) is 12.5 Å². The molecule has 0 saturated carbocycles. The van der Waals surface area contributed by atoms with Crippen molar-refractivity contribution >= 4 is 5.91 Å². The first kappa shape index (κ1) is 13.4. The fourth-order valence-corrected chi connectivity index (χ4v) is 1.87. The average Bonchev–Trinajstić information content (AvgIpc) is 2.72. The number of aliphatic hydroxyl groups excluding tert-OH is 1. The molecule has 1 heterocycles. The molecule has 1 saturated heterocycles. The molecule has 16 heavy (non-hydrogen) atoms. The van der Waals surface area contributed by atoms with E-state index in [0.717, 1.165) is 19.5 Å². The number of likely N-dealkylation sites (tertiary alicyclic amines) is 1. The lowest BCUT2D eigenvalue weighted by Gasteiger charge is -2.15. The van der Waals surface area contributed by atoms with Crippen molar-refractivity contribution in [1.29, 1.82) is 0 Å². The second kappa shape index (κ2) is 7.60. The largest absolute Gasteiger partial charge is 0.396 e. The second-order valence-corrected chi connectivity index (χ2v) is 4.12. The van der Waals surface area contributed by atoms with Crippen LogP contribution in [-0.4, -0.2) is 61.9 Å². The van der Waals surface area contributed by atoms with Crippen molar-refractivity contribution in [2.24, 2.45) is 5.92 Å². The van der Waals surface area contributed by atoms with E-state index in [9.17, 15) is 4.79 Å². The third kappa shape index (κ3) is 4.92. The van der Waals surface area contributed by atoms with Gasteiger partial charge in [0.2, 0.25) is 5.91 Å². The van der Waals surface area contributed by atoms with Gasteiger partial charge in [-0.25, -0.2) is 0 Å². The summed E-state index contributed by atoms with van der Waals surface area (Å²) in [5.41, 5.74) is 0. The monoisotopic (exact) mass is 230 g/mol. The van der Waals surface area contributed by atoms with Crippen LogP contribution >= 0.6 is 0 Å². The van der Waals surface area contributed by atoms with Gasteiger partial charge in [-0.1, -0.05) is 0 Å². The van der Waals surface area contributed by atoms with E-state index in [0.29, 0.717) is 32.2 Å². The minimum absolute atomic E-state index is 0.0401. The third-order valence-electron chi connectivity index (χ3n) is 2.77. The first-order chi connectivity index (χ1) is 7.76. The number of hydrogen-bond donors (Lipinski definition) is 2. The predicted octanol–water partition coefficient (Wildman–Crippen LogP) is -0.547. The summed E-state index contributed by atoms with van der Waals surface area (Å²) in [6.07, 6.45) is 0.989. The number of nitrogens with one attached hydrogen (secondary N) is 1. The van der Waals surface area contributed by atoms with E-state index < -0.39 is 0 Å². The maximum absolute atomic E-state index is 11.5. The van der Waals surface area contributed by atoms with Crippen LogP contribution in [0.15, 0.2) is 0 Å². The van der Waals surface area contributed by atoms with Gasteiger partial charge in [-0.2, -0.15) is 0 Å². The van der Waals surface area contributed by atoms with Crippen LogP contribution in [0.5, 0.6) is 0 Å². The molecule has 0 bridgehead atoms. The zero-order valence-electron chi connectivity index (χ0n) is 9.95. The zero-order valence-corrected chi connectivity index (χ0v) is 9.95. The first-order valence-corrected chi connectivity index (χ1v) is 5.94. The second-order valence-electron chi connectivity index (χ2n) is 4.12. The Morgan fingerprint density at radius 1 is 1.62 bits per heavy atom. The normalized spacial score (nSPS) is 21.2. The fourth-order valence-electron chi connectivity index (χ4n) is 1.87. The molecule has 0 aromatic heterocycles. The van der Waals surface area contributed by atoms with Crippen molar-refractivity contribution < 1.29 is 14.6 Å². The summed E-state index contributed by atoms with van der Waals surface area (Å²) in [5, 5.41) is 11.8. The Kier molecular flexibility index (Phi) is 6.37. The van der Waals surface area contributed by atoms with E-state index in [1.807, 2.05) is 6.92 Å². The van der Waals surface area contributed by atoms with Crippen molar-refractivity contribution in [1.82, 2.24) is 10.2 Å². The molecule has 1 aliphatic heterocycles. The smallest absolute Gasteiger partial charge is 0.234 e. The Labute approximate surface area is 96.8 Å². The highest BCUT2D eigenvalue weighted by Crippen LogP contribution is 2.14. The highest BCUT2D eigenvalue weighted by molar-refractivity contribution is 5.78. The summed E-state index contributed by atoms with van der Waals surface area (Å²) in [4.78, 5) is 13.6. The first-order valence-electron chi connectivity index (χ1n) is 5.94. The van der Waals surface area contributed by atoms with E-state index in [1.165, 1.54) is 0 Å². The lowest BCUT2D eigenvalue weighted by Crippen LogP contribution is -2.37. The van der Waals surface area contributed by atoms with Crippen LogP contribution in [0.1, 0.15) is 13.3 Å². The quantitative estimate of drug-likeness (QED) is 0.576. The molecule has 5 nitrogen and oxygen atoms in total. The Hall–Kier alpha value is -0.650. The van der Waals surface area contributed by atoms with Gasteiger partial charge in [-0.3, -0.25) is 9.69 Å². The maximum atomic E-state index is 11.5. The van der Waals surface area contributed by atoms with Crippen LogP contribution in [-0.2, 0) is 9.53 Å². The maximum Gasteiger partial charge on any atom is 0.234 e. The molecule has 0 aromatic rings. The van der Waals surface area contributed by atoms with Crippen molar-refractivity contribution in [2.75, 3.05) is 46.0 Å². The van der Waals surface area contributed by atoms with Gasteiger partial charge in [0.25, 0.3) is 0 Å². The Morgan fingerprint density at radius 2 is 2.44 bits per heavy atom. The Morgan fingerprint density at radius 3 is 3.06 bits per heavy atom. The number of rotatable bonds is 7. The van der Waals surface area contributed by atoms with Gasteiger partial charge in [0.1, 0.15) is 0 Å². The molecule has 1 amide bonds. The van der Waals surface area contributed by atoms with E-state index in [2.05, 4.69) is 10.2 Å². The van der Waals surface area contributed by atoms with E-state index in [1.54, 1.807) is 0 Å². The van der Waals surface area contributed by atoms with Crippen molar-refractivity contribution in [3.63, 3.8) is 0 Å². The Balaban J connectivity index is 2.06. The number of aliphatic hydroxyl groups is 1. The number of amides is 1. The molecule has 0 aromatic carbocycles. The van der Waals surface area contributed by atoms with Gasteiger partial charge < -0.3 is 15.2 Å². The summed E-state index contributed by atoms with van der Waals surface area (Å²) < 4.78 is 5.13. The van der Waals surface area contributed by atoms with Crippen LogP contribution in [0.2, 0.25) is 0 Å². The lowest BCUT2D eigenvalue weighted by molar-refractivity contribution is -0.122. The van der Waals surface area contributed by atoms with Gasteiger partial charge in [0.15, 0.2) is 0 Å². The molecule has 1 rings (SSSR count). The van der Waals surface area contributed by atoms with Crippen LogP contribution in [0.25, 0.3) is 0 Å². The lowest BCUT2D eigenvalue weighted by atomic mass is 10.1. The van der Waals surface area contributed by atoms with Gasteiger partial charge in [0.05, 0.1) is 13.2 Å². The summed E-state index contributed by atoms with van der Waals surface area (Å²) in [5.74, 6) is 0.384. The Bertz CT molecular complexity index is 211. The number of carbonyl (C=O) groups is 1. The third-order valence-corrected chi connectivity index (χ3v) is 2.77. The van der Waals surface area contributed by atoms with Crippen molar-refractivity contribution in [3.05, 3.63) is 0 Å². The molecule has 0 spiro atoms. The number of nitrogens with zero attached hydrogens (tertiary/aromatic N) is 1. The van der Waals surface area contributed by atoms with Gasteiger partial charge in [0, 0.05) is 26.3 Å². The van der Waals surface area contributed by atoms with Crippen LogP contribution in [0.4, 0.5) is 0 Å². The minimum Gasteiger partial charge on any atom is -0.396 e. The van der Waals surface area contributed by atoms with Crippen molar-refractivity contribution in [2.45, 2.75) is 13.3 Å². The average molecular weight is 230 g/mol. The standard InChI is InChI=1S/C11H22N2O3/c1-2-16-6-4-12-11(15)8-13-5-3-10(7-13)9-14/h10,14H,2-9H2,1H3,(H,12,15). The molecule has 2 N–H and O–H groups in total. The van der Waals surface area contributed by atoms with Crippen LogP contribution in [0, 0.1) is 5.92 Å². The molecule has 1 aliphatic rings. The molecule has 1 fully saturated rings. The van der Waals surface area contributed by atoms with Gasteiger partial charge >= 0.3 is 0 Å². The summed E-state index contributed by atoms with van der Waals surface area (Å²) in [7, 11) is 0. The van der Waals surface area contributed by atoms with Crippen LogP contribution < -0.4 is 5.32 Å². The number of carbonyl (C=O) groups excluding carboxylic acids is 1. The molecular weight excluding hydrogens is 208 g/mol. The summed E-state index contributed by atoms with van der Waals surface area (Å²) in [6.45, 7) is 6.15. The number of hydrogen-bond acceptors (Lipinski definition) is 4. The molecule has 5 heteroatoms. The molecular formula is C11H22N2O3. The zero-order chi connectivity index (χ0) is 11.8. The number of ether oxygens (including phenoxy) is 1. The molecule has 0 aliphatic carbocycles. The topological polar surface area (TPSA) is 61.8 Å². The van der Waals surface area contributed by atoms with Gasteiger partial charge in [-0.15, -0.1) is 0 Å².